The van der Waals surface area contributed by atoms with Gasteiger partial charge in [-0.2, -0.15) is 0 Å². The average molecular weight is 337 g/mol. The maximum Gasteiger partial charge on any atom is 0.273 e. The Morgan fingerprint density at radius 1 is 1.32 bits per heavy atom. The van der Waals surface area contributed by atoms with Crippen LogP contribution < -0.4 is 5.32 Å². The number of nitrogens with one attached hydrogen (secondary N) is 1. The maximum absolute atomic E-state index is 12.4. The zero-order valence-electron chi connectivity index (χ0n) is 13.9. The molecule has 0 saturated heterocycles. The van der Waals surface area contributed by atoms with Crippen LogP contribution >= 0.6 is 0 Å². The number of benzene rings is 1. The lowest BCUT2D eigenvalue weighted by Gasteiger charge is -2.12. The van der Waals surface area contributed by atoms with Crippen LogP contribution in [0.2, 0.25) is 0 Å². The monoisotopic (exact) mass is 337 g/mol. The van der Waals surface area contributed by atoms with Crippen LogP contribution in [-0.4, -0.2) is 44.1 Å². The predicted octanol–water partition coefficient (Wildman–Crippen LogP) is 1.63. The number of carbonyl (C=O) groups is 1. The Balaban J connectivity index is 1.63. The molecule has 2 N–H and O–H groups in total. The molecule has 0 spiro atoms. The van der Waals surface area contributed by atoms with Crippen LogP contribution in [0.1, 0.15) is 29.0 Å². The second-order valence-electron chi connectivity index (χ2n) is 6.63. The lowest BCUT2D eigenvalue weighted by molar-refractivity contribution is 0.0929. The molecular formula is C18H19N5O2. The summed E-state index contributed by atoms with van der Waals surface area (Å²) in [7, 11) is 0. The maximum atomic E-state index is 12.4. The predicted molar refractivity (Wildman–Crippen MR) is 92.5 cm³/mol. The topological polar surface area (TPSA) is 92.9 Å². The van der Waals surface area contributed by atoms with Crippen LogP contribution in [0, 0.1) is 12.3 Å². The van der Waals surface area contributed by atoms with Gasteiger partial charge in [-0.15, -0.1) is 5.10 Å². The fourth-order valence-electron chi connectivity index (χ4n) is 2.95. The van der Waals surface area contributed by atoms with E-state index in [-0.39, 0.29) is 17.9 Å². The van der Waals surface area contributed by atoms with Crippen molar-refractivity contribution in [2.75, 3.05) is 13.2 Å². The highest BCUT2D eigenvalue weighted by molar-refractivity contribution is 5.93. The second-order valence-corrected chi connectivity index (χ2v) is 6.63. The van der Waals surface area contributed by atoms with Crippen LogP contribution in [0.5, 0.6) is 0 Å². The summed E-state index contributed by atoms with van der Waals surface area (Å²) in [4.78, 5) is 16.9. The summed E-state index contributed by atoms with van der Waals surface area (Å²) < 4.78 is 1.64. The van der Waals surface area contributed by atoms with E-state index in [1.165, 1.54) is 0 Å². The highest BCUT2D eigenvalue weighted by Gasteiger charge is 2.42. The van der Waals surface area contributed by atoms with E-state index in [0.717, 1.165) is 29.4 Å². The van der Waals surface area contributed by atoms with Crippen LogP contribution in [0.25, 0.3) is 16.6 Å². The van der Waals surface area contributed by atoms with Crippen molar-refractivity contribution in [1.29, 1.82) is 0 Å². The van der Waals surface area contributed by atoms with Gasteiger partial charge in [-0.3, -0.25) is 9.78 Å². The second kappa shape index (κ2) is 5.93. The molecule has 0 atom stereocenters. The van der Waals surface area contributed by atoms with E-state index in [4.69, 9.17) is 0 Å². The highest BCUT2D eigenvalue weighted by Crippen LogP contribution is 2.44. The Kier molecular flexibility index (Phi) is 3.73. The number of hydrogen-bond donors (Lipinski definition) is 2. The molecule has 1 saturated carbocycles. The molecule has 1 aromatic carbocycles. The zero-order chi connectivity index (χ0) is 17.4. The third-order valence-corrected chi connectivity index (χ3v) is 4.87. The molecule has 1 amide bonds. The summed E-state index contributed by atoms with van der Waals surface area (Å²) in [5, 5.41) is 21.4. The molecule has 2 aromatic heterocycles. The normalized spacial score (nSPS) is 15.3. The molecule has 128 valence electrons. The van der Waals surface area contributed by atoms with E-state index in [9.17, 15) is 9.90 Å². The number of amides is 1. The standard InChI is InChI=1S/C18H19N5O2/c1-12-15(17(25)20-10-18(11-24)7-8-18)21-22-23(12)14-6-2-4-13-5-3-9-19-16(13)14/h2-6,9,24H,7-8,10-11H2,1H3,(H,20,25). The lowest BCUT2D eigenvalue weighted by Crippen LogP contribution is -2.32. The van der Waals surface area contributed by atoms with Gasteiger partial charge in [0.05, 0.1) is 23.5 Å². The minimum atomic E-state index is -0.267. The van der Waals surface area contributed by atoms with E-state index < -0.39 is 0 Å². The molecule has 1 aliphatic carbocycles. The lowest BCUT2D eigenvalue weighted by atomic mass is 10.1. The van der Waals surface area contributed by atoms with E-state index >= 15 is 0 Å². The first-order valence-electron chi connectivity index (χ1n) is 8.29. The van der Waals surface area contributed by atoms with Gasteiger partial charge in [0.25, 0.3) is 5.91 Å². The van der Waals surface area contributed by atoms with E-state index in [0.29, 0.717) is 17.9 Å². The third-order valence-electron chi connectivity index (χ3n) is 4.87. The summed E-state index contributed by atoms with van der Waals surface area (Å²) in [5.41, 5.74) is 2.41. The molecule has 7 nitrogen and oxygen atoms in total. The van der Waals surface area contributed by atoms with Gasteiger partial charge in [0.1, 0.15) is 0 Å². The third kappa shape index (κ3) is 2.76. The van der Waals surface area contributed by atoms with Gasteiger partial charge in [-0.1, -0.05) is 23.4 Å². The Bertz CT molecular complexity index is 940. The summed E-state index contributed by atoms with van der Waals surface area (Å²) >= 11 is 0. The van der Waals surface area contributed by atoms with Crippen LogP contribution in [-0.2, 0) is 0 Å². The molecule has 2 heterocycles. The van der Waals surface area contributed by atoms with Crippen molar-refractivity contribution in [1.82, 2.24) is 25.3 Å². The van der Waals surface area contributed by atoms with E-state index in [1.54, 1.807) is 10.9 Å². The number of aliphatic hydroxyl groups excluding tert-OH is 1. The molecule has 1 aliphatic rings. The Labute approximate surface area is 144 Å². The molecule has 1 fully saturated rings. The van der Waals surface area contributed by atoms with Crippen LogP contribution in [0.4, 0.5) is 0 Å². The Morgan fingerprint density at radius 3 is 2.88 bits per heavy atom. The van der Waals surface area contributed by atoms with Crippen molar-refractivity contribution in [3.8, 4) is 5.69 Å². The van der Waals surface area contributed by atoms with E-state index in [2.05, 4.69) is 20.6 Å². The van der Waals surface area contributed by atoms with Gasteiger partial charge in [0.15, 0.2) is 5.69 Å². The molecular weight excluding hydrogens is 318 g/mol. The van der Waals surface area contributed by atoms with E-state index in [1.807, 2.05) is 37.3 Å². The van der Waals surface area contributed by atoms with Crippen molar-refractivity contribution in [3.05, 3.63) is 47.9 Å². The fourth-order valence-corrected chi connectivity index (χ4v) is 2.95. The number of fused-ring (bicyclic) bond motifs is 1. The van der Waals surface area contributed by atoms with Gasteiger partial charge in [0, 0.05) is 23.5 Å². The summed E-state index contributed by atoms with van der Waals surface area (Å²) in [6, 6.07) is 9.68. The number of nitrogens with zero attached hydrogens (tertiary/aromatic N) is 4. The number of aromatic nitrogens is 4. The quantitative estimate of drug-likeness (QED) is 0.738. The van der Waals surface area contributed by atoms with Crippen molar-refractivity contribution in [3.63, 3.8) is 0 Å². The zero-order valence-corrected chi connectivity index (χ0v) is 13.9. The number of pyridine rings is 1. The first kappa shape index (κ1) is 15.7. The molecule has 0 unspecified atom stereocenters. The molecule has 0 bridgehead atoms. The fraction of sp³-hybridized carbons (Fsp3) is 0.333. The minimum Gasteiger partial charge on any atom is -0.396 e. The summed E-state index contributed by atoms with van der Waals surface area (Å²) in [6.07, 6.45) is 3.62. The molecule has 25 heavy (non-hydrogen) atoms. The SMILES string of the molecule is Cc1c(C(=O)NCC2(CO)CC2)nnn1-c1cccc2cccnc12. The largest absolute Gasteiger partial charge is 0.396 e. The molecule has 7 heteroatoms. The van der Waals surface area contributed by atoms with Crippen molar-refractivity contribution < 1.29 is 9.90 Å². The number of carbonyl (C=O) groups excluding carboxylic acids is 1. The molecule has 0 radical (unpaired) electrons. The molecule has 3 aromatic rings. The minimum absolute atomic E-state index is 0.0978. The van der Waals surface area contributed by atoms with Gasteiger partial charge in [-0.25, -0.2) is 4.68 Å². The van der Waals surface area contributed by atoms with Gasteiger partial charge in [-0.05, 0) is 31.9 Å². The number of hydrogen-bond acceptors (Lipinski definition) is 5. The molecule has 0 aliphatic heterocycles. The van der Waals surface area contributed by atoms with Crippen molar-refractivity contribution in [2.45, 2.75) is 19.8 Å². The number of aliphatic hydroxyl groups is 1. The molecule has 4 rings (SSSR count). The van der Waals surface area contributed by atoms with Crippen molar-refractivity contribution in [2.24, 2.45) is 5.41 Å². The van der Waals surface area contributed by atoms with Crippen LogP contribution in [0.15, 0.2) is 36.5 Å². The first-order chi connectivity index (χ1) is 12.1. The Hall–Kier alpha value is -2.80. The van der Waals surface area contributed by atoms with Gasteiger partial charge in [0.2, 0.25) is 0 Å². The number of rotatable bonds is 5. The smallest absolute Gasteiger partial charge is 0.273 e. The highest BCUT2D eigenvalue weighted by atomic mass is 16.3. The summed E-state index contributed by atoms with van der Waals surface area (Å²) in [5.74, 6) is -0.267. The summed E-state index contributed by atoms with van der Waals surface area (Å²) in [6.45, 7) is 2.38. The van der Waals surface area contributed by atoms with Crippen LogP contribution in [0.3, 0.4) is 0 Å². The Morgan fingerprint density at radius 2 is 2.12 bits per heavy atom. The average Bonchev–Trinajstić information content (AvgIpc) is 3.34. The van der Waals surface area contributed by atoms with Crippen molar-refractivity contribution >= 4 is 16.8 Å². The van der Waals surface area contributed by atoms with Gasteiger partial charge < -0.3 is 10.4 Å². The number of para-hydroxylation sites is 1. The first-order valence-corrected chi connectivity index (χ1v) is 8.29. The van der Waals surface area contributed by atoms with Gasteiger partial charge >= 0.3 is 0 Å².